The number of hydrogen-bond donors (Lipinski definition) is 2. The predicted molar refractivity (Wildman–Crippen MR) is 120 cm³/mol. The summed E-state index contributed by atoms with van der Waals surface area (Å²) in [6.07, 6.45) is 1.40. The molecule has 1 fully saturated rings. The highest BCUT2D eigenvalue weighted by Gasteiger charge is 2.49. The minimum Gasteiger partial charge on any atom is -0.507 e. The number of methoxy groups -OCH3 is 1. The lowest BCUT2D eigenvalue weighted by atomic mass is 9.99. The van der Waals surface area contributed by atoms with E-state index in [1.807, 2.05) is 0 Å². The predicted octanol–water partition coefficient (Wildman–Crippen LogP) is 4.69. The van der Waals surface area contributed by atoms with Gasteiger partial charge in [-0.3, -0.25) is 14.5 Å². The summed E-state index contributed by atoms with van der Waals surface area (Å²) >= 11 is 3.35. The van der Waals surface area contributed by atoms with Crippen LogP contribution in [0.2, 0.25) is 0 Å². The number of ether oxygens (including phenoxy) is 1. The van der Waals surface area contributed by atoms with Crippen LogP contribution in [0.15, 0.2) is 69.3 Å². The lowest BCUT2D eigenvalue weighted by Gasteiger charge is -2.20. The number of fused-ring (bicyclic) bond motifs is 1. The van der Waals surface area contributed by atoms with Gasteiger partial charge in [0.25, 0.3) is 5.78 Å². The Morgan fingerprint density at radius 1 is 1.24 bits per heavy atom. The third-order valence-corrected chi connectivity index (χ3v) is 5.96. The van der Waals surface area contributed by atoms with Crippen molar-refractivity contribution in [2.24, 2.45) is 0 Å². The van der Waals surface area contributed by atoms with Crippen molar-refractivity contribution in [3.8, 4) is 5.75 Å². The number of aromatic nitrogens is 2. The second kappa shape index (κ2) is 7.89. The van der Waals surface area contributed by atoms with E-state index in [0.717, 1.165) is 4.90 Å². The largest absolute Gasteiger partial charge is 0.507 e. The third-order valence-electron chi connectivity index (χ3n) is 5.34. The molecule has 1 amide bonds. The standard InChI is InChI=1S/C23H15BrFN3O5/c1-32-16-7-4-11(9-13(16)24)20(29)18-19(17-3-2-8-33-17)28(22(31)21(18)30)23-26-14-6-5-12(25)10-15(14)27-23/h2-10,19,29H,1H3,(H,26,27)/b20-18+. The number of benzene rings is 2. The third kappa shape index (κ3) is 3.39. The number of carbonyl (C=O) groups is 2. The fourth-order valence-electron chi connectivity index (χ4n) is 3.82. The number of aliphatic hydroxyl groups is 1. The number of hydrogen-bond acceptors (Lipinski definition) is 6. The van der Waals surface area contributed by atoms with Gasteiger partial charge in [-0.15, -0.1) is 0 Å². The number of ketones is 1. The maximum atomic E-state index is 13.7. The number of amides is 1. The molecule has 1 unspecified atom stereocenters. The van der Waals surface area contributed by atoms with Gasteiger partial charge in [-0.2, -0.15) is 0 Å². The average molecular weight is 512 g/mol. The molecule has 4 aromatic rings. The summed E-state index contributed by atoms with van der Waals surface area (Å²) in [5, 5.41) is 11.1. The maximum absolute atomic E-state index is 13.7. The van der Waals surface area contributed by atoms with E-state index in [9.17, 15) is 19.1 Å². The molecule has 0 spiro atoms. The number of halogens is 2. The summed E-state index contributed by atoms with van der Waals surface area (Å²) in [5.74, 6) is -1.89. The highest BCUT2D eigenvalue weighted by atomic mass is 79.9. The molecule has 1 aliphatic heterocycles. The number of nitrogens with zero attached hydrogens (tertiary/aromatic N) is 2. The molecule has 0 radical (unpaired) electrons. The van der Waals surface area contributed by atoms with Gasteiger partial charge in [0.1, 0.15) is 29.1 Å². The fourth-order valence-corrected chi connectivity index (χ4v) is 4.36. The first-order chi connectivity index (χ1) is 15.9. The first kappa shape index (κ1) is 21.0. The number of anilines is 1. The van der Waals surface area contributed by atoms with Gasteiger partial charge in [-0.25, -0.2) is 9.37 Å². The van der Waals surface area contributed by atoms with Crippen molar-refractivity contribution in [1.82, 2.24) is 9.97 Å². The van der Waals surface area contributed by atoms with E-state index >= 15 is 0 Å². The Kier molecular flexibility index (Phi) is 5.01. The zero-order valence-electron chi connectivity index (χ0n) is 17.0. The SMILES string of the molecule is COc1ccc(/C(O)=C2\C(=O)C(=O)N(c3nc4ccc(F)cc4[nH]3)C2c2ccco2)cc1Br. The van der Waals surface area contributed by atoms with E-state index in [1.54, 1.807) is 30.3 Å². The van der Waals surface area contributed by atoms with Crippen LogP contribution in [0.5, 0.6) is 5.75 Å². The van der Waals surface area contributed by atoms with Gasteiger partial charge in [-0.1, -0.05) is 0 Å². The molecule has 33 heavy (non-hydrogen) atoms. The van der Waals surface area contributed by atoms with Crippen molar-refractivity contribution in [3.63, 3.8) is 0 Å². The Balaban J connectivity index is 1.70. The van der Waals surface area contributed by atoms with Crippen molar-refractivity contribution in [2.75, 3.05) is 12.0 Å². The van der Waals surface area contributed by atoms with Crippen LogP contribution >= 0.6 is 15.9 Å². The fraction of sp³-hybridized carbons (Fsp3) is 0.0870. The molecule has 2 aromatic carbocycles. The Morgan fingerprint density at radius 3 is 2.76 bits per heavy atom. The Bertz CT molecular complexity index is 1440. The summed E-state index contributed by atoms with van der Waals surface area (Å²) in [6, 6.07) is 10.8. The van der Waals surface area contributed by atoms with E-state index in [2.05, 4.69) is 25.9 Å². The van der Waals surface area contributed by atoms with Crippen LogP contribution < -0.4 is 9.64 Å². The normalized spacial score (nSPS) is 17.8. The van der Waals surface area contributed by atoms with Crippen molar-refractivity contribution in [1.29, 1.82) is 0 Å². The van der Waals surface area contributed by atoms with Crippen molar-refractivity contribution < 1.29 is 28.2 Å². The quantitative estimate of drug-likeness (QED) is 0.233. The number of aliphatic hydroxyl groups excluding tert-OH is 1. The van der Waals surface area contributed by atoms with E-state index < -0.39 is 23.5 Å². The molecule has 3 heterocycles. The van der Waals surface area contributed by atoms with Gasteiger partial charge >= 0.3 is 5.91 Å². The summed E-state index contributed by atoms with van der Waals surface area (Å²) < 4.78 is 24.9. The number of rotatable bonds is 4. The molecule has 166 valence electrons. The molecule has 1 saturated heterocycles. The van der Waals surface area contributed by atoms with Crippen LogP contribution in [0.25, 0.3) is 16.8 Å². The maximum Gasteiger partial charge on any atom is 0.302 e. The van der Waals surface area contributed by atoms with Crippen LogP contribution in [-0.2, 0) is 9.59 Å². The van der Waals surface area contributed by atoms with E-state index in [1.165, 1.54) is 31.6 Å². The van der Waals surface area contributed by atoms with Gasteiger partial charge in [-0.05, 0) is 64.5 Å². The Labute approximate surface area is 194 Å². The Morgan fingerprint density at radius 2 is 2.06 bits per heavy atom. The van der Waals surface area contributed by atoms with Crippen LogP contribution in [-0.4, -0.2) is 33.9 Å². The van der Waals surface area contributed by atoms with Crippen LogP contribution in [0.3, 0.4) is 0 Å². The lowest BCUT2D eigenvalue weighted by Crippen LogP contribution is -2.30. The highest BCUT2D eigenvalue weighted by molar-refractivity contribution is 9.10. The number of carbonyl (C=O) groups excluding carboxylic acids is 2. The lowest BCUT2D eigenvalue weighted by molar-refractivity contribution is -0.132. The number of nitrogens with one attached hydrogen (secondary N) is 1. The minimum atomic E-state index is -1.09. The number of aromatic amines is 1. The zero-order chi connectivity index (χ0) is 23.3. The van der Waals surface area contributed by atoms with Crippen LogP contribution in [0.4, 0.5) is 10.3 Å². The zero-order valence-corrected chi connectivity index (χ0v) is 18.6. The van der Waals surface area contributed by atoms with Gasteiger partial charge in [0.15, 0.2) is 0 Å². The molecule has 0 saturated carbocycles. The van der Waals surface area contributed by atoms with Crippen molar-refractivity contribution in [3.05, 3.63) is 82.0 Å². The molecule has 0 aliphatic carbocycles. The van der Waals surface area contributed by atoms with Gasteiger partial charge in [0, 0.05) is 5.56 Å². The first-order valence-electron chi connectivity index (χ1n) is 9.72. The van der Waals surface area contributed by atoms with Gasteiger partial charge in [0.2, 0.25) is 5.95 Å². The number of Topliss-reactive ketones (excluding diaryl/α,β-unsaturated/α-hetero) is 1. The molecule has 8 nitrogen and oxygen atoms in total. The topological polar surface area (TPSA) is 109 Å². The van der Waals surface area contributed by atoms with Crippen molar-refractivity contribution >= 4 is 50.4 Å². The molecule has 10 heteroatoms. The van der Waals surface area contributed by atoms with E-state index in [4.69, 9.17) is 9.15 Å². The summed E-state index contributed by atoms with van der Waals surface area (Å²) in [6.45, 7) is 0. The minimum absolute atomic E-state index is 0.0223. The molecule has 2 N–H and O–H groups in total. The van der Waals surface area contributed by atoms with E-state index in [0.29, 0.717) is 26.8 Å². The Hall–Kier alpha value is -3.92. The summed E-state index contributed by atoms with van der Waals surface area (Å²) in [4.78, 5) is 34.5. The molecule has 1 atom stereocenters. The number of imidazole rings is 1. The summed E-state index contributed by atoms with van der Waals surface area (Å²) in [7, 11) is 1.50. The highest BCUT2D eigenvalue weighted by Crippen LogP contribution is 2.42. The number of H-pyrrole nitrogens is 1. The first-order valence-corrected chi connectivity index (χ1v) is 10.5. The number of furan rings is 1. The van der Waals surface area contributed by atoms with Gasteiger partial charge < -0.3 is 19.2 Å². The molecular formula is C23H15BrFN3O5. The van der Waals surface area contributed by atoms with Gasteiger partial charge in [0.05, 0.1) is 34.5 Å². The summed E-state index contributed by atoms with van der Waals surface area (Å²) in [5.41, 5.74) is 0.886. The molecule has 5 rings (SSSR count). The average Bonchev–Trinajstić information content (AvgIpc) is 3.52. The van der Waals surface area contributed by atoms with E-state index in [-0.39, 0.29) is 23.0 Å². The second-order valence-electron chi connectivity index (χ2n) is 7.26. The van der Waals surface area contributed by atoms with Crippen LogP contribution in [0, 0.1) is 5.82 Å². The molecule has 2 aromatic heterocycles. The smallest absolute Gasteiger partial charge is 0.302 e. The molecular weight excluding hydrogens is 497 g/mol. The second-order valence-corrected chi connectivity index (χ2v) is 8.11. The van der Waals surface area contributed by atoms with Crippen LogP contribution in [0.1, 0.15) is 17.4 Å². The monoisotopic (exact) mass is 511 g/mol. The molecule has 0 bridgehead atoms. The molecule has 1 aliphatic rings. The van der Waals surface area contributed by atoms with Crippen molar-refractivity contribution in [2.45, 2.75) is 6.04 Å².